The van der Waals surface area contributed by atoms with Gasteiger partial charge in [-0.25, -0.2) is 0 Å². The maximum atomic E-state index is 3.84. The Morgan fingerprint density at radius 1 is 0.733 bits per heavy atom. The molecule has 0 fully saturated rings. The van der Waals surface area contributed by atoms with Gasteiger partial charge in [0, 0.05) is 24.3 Å². The molecular formula is C14H13N+. The fourth-order valence-corrected chi connectivity index (χ4v) is 1.54. The highest BCUT2D eigenvalue weighted by Crippen LogP contribution is 2.23. The average Bonchev–Trinajstić information content (AvgIpc) is 2.33. The molecule has 0 saturated heterocycles. The van der Waals surface area contributed by atoms with Crippen molar-refractivity contribution in [3.63, 3.8) is 0 Å². The van der Waals surface area contributed by atoms with E-state index in [-0.39, 0.29) is 0 Å². The van der Waals surface area contributed by atoms with E-state index in [1.807, 2.05) is 42.6 Å². The molecule has 15 heavy (non-hydrogen) atoms. The smallest absolute Gasteiger partial charge is 0.0666 e. The van der Waals surface area contributed by atoms with Gasteiger partial charge in [-0.05, 0) is 6.58 Å². The normalized spacial score (nSPS) is 10.2. The Morgan fingerprint density at radius 3 is 1.47 bits per heavy atom. The van der Waals surface area contributed by atoms with E-state index in [2.05, 4.69) is 35.7 Å². The van der Waals surface area contributed by atoms with Gasteiger partial charge in [-0.2, -0.15) is 0 Å². The number of hydrogen-bond donors (Lipinski definition) is 0. The van der Waals surface area contributed by atoms with Crippen molar-refractivity contribution in [2.75, 3.05) is 0 Å². The van der Waals surface area contributed by atoms with Gasteiger partial charge in [-0.1, -0.05) is 41.3 Å². The standard InChI is InChI=1S/C14H13N/c1-2-15(13-9-5-3-6-10-13)14-11-7-4-8-12-14/h2-12H,1H2/q+1. The predicted octanol–water partition coefficient (Wildman–Crippen LogP) is 3.93. The van der Waals surface area contributed by atoms with Gasteiger partial charge in [0.2, 0.25) is 0 Å². The number of benzene rings is 2. The molecule has 0 aliphatic carbocycles. The summed E-state index contributed by atoms with van der Waals surface area (Å²) in [5.41, 5.74) is 2.25. The Balaban J connectivity index is 2.38. The summed E-state index contributed by atoms with van der Waals surface area (Å²) in [6.45, 7) is 3.84. The topological polar surface area (TPSA) is 5.90 Å². The summed E-state index contributed by atoms with van der Waals surface area (Å²) in [5.74, 6) is 0. The van der Waals surface area contributed by atoms with E-state index in [1.165, 1.54) is 0 Å². The fourth-order valence-electron chi connectivity index (χ4n) is 1.54. The summed E-state index contributed by atoms with van der Waals surface area (Å²) in [6, 6.07) is 20.4. The average molecular weight is 195 g/mol. The lowest BCUT2D eigenvalue weighted by atomic mass is 10.2. The van der Waals surface area contributed by atoms with Crippen molar-refractivity contribution in [1.29, 1.82) is 0 Å². The van der Waals surface area contributed by atoms with Crippen molar-refractivity contribution >= 4 is 11.4 Å². The van der Waals surface area contributed by atoms with Crippen LogP contribution in [-0.4, -0.2) is 0 Å². The third-order valence-electron chi connectivity index (χ3n) is 2.25. The van der Waals surface area contributed by atoms with Crippen molar-refractivity contribution in [2.45, 2.75) is 0 Å². The van der Waals surface area contributed by atoms with Gasteiger partial charge in [0.15, 0.2) is 11.4 Å². The predicted molar refractivity (Wildman–Crippen MR) is 64.5 cm³/mol. The van der Waals surface area contributed by atoms with Crippen LogP contribution in [0.1, 0.15) is 0 Å². The van der Waals surface area contributed by atoms with Crippen molar-refractivity contribution in [3.05, 3.63) is 73.4 Å². The number of hydrogen-bond acceptors (Lipinski definition) is 1. The highest BCUT2D eigenvalue weighted by molar-refractivity contribution is 5.54. The fraction of sp³-hybridized carbons (Fsp3) is 0. The van der Waals surface area contributed by atoms with Gasteiger partial charge in [0.25, 0.3) is 0 Å². The molecule has 0 amide bonds. The van der Waals surface area contributed by atoms with Crippen molar-refractivity contribution in [3.8, 4) is 0 Å². The zero-order valence-electron chi connectivity index (χ0n) is 8.51. The molecule has 1 radical (unpaired) electrons. The molecule has 0 atom stereocenters. The molecule has 1 heteroatoms. The lowest BCUT2D eigenvalue weighted by Gasteiger charge is -2.04. The second-order valence-corrected chi connectivity index (χ2v) is 3.22. The van der Waals surface area contributed by atoms with E-state index in [1.54, 1.807) is 0 Å². The van der Waals surface area contributed by atoms with Crippen LogP contribution in [0.15, 0.2) is 73.4 Å². The van der Waals surface area contributed by atoms with Gasteiger partial charge in [0.1, 0.15) is 6.20 Å². The first-order valence-corrected chi connectivity index (χ1v) is 4.94. The molecule has 0 unspecified atom stereocenters. The molecule has 2 aromatic rings. The van der Waals surface area contributed by atoms with Gasteiger partial charge >= 0.3 is 0 Å². The van der Waals surface area contributed by atoms with E-state index in [0.29, 0.717) is 0 Å². The van der Waals surface area contributed by atoms with Crippen molar-refractivity contribution in [2.24, 2.45) is 0 Å². The molecule has 0 aliphatic rings. The lowest BCUT2D eigenvalue weighted by molar-refractivity contribution is 0.920. The van der Waals surface area contributed by atoms with Crippen LogP contribution in [0, 0.1) is 0 Å². The summed E-state index contributed by atoms with van der Waals surface area (Å²) in [4.78, 5) is 2.06. The maximum absolute atomic E-state index is 3.84. The van der Waals surface area contributed by atoms with Crippen LogP contribution in [0.4, 0.5) is 11.4 Å². The minimum absolute atomic E-state index is 1.12. The lowest BCUT2D eigenvalue weighted by Crippen LogP contribution is -2.08. The van der Waals surface area contributed by atoms with Crippen LogP contribution >= 0.6 is 0 Å². The van der Waals surface area contributed by atoms with Crippen LogP contribution in [-0.2, 0) is 0 Å². The zero-order chi connectivity index (χ0) is 10.5. The molecule has 1 nitrogen and oxygen atoms in total. The molecule has 0 bridgehead atoms. The summed E-state index contributed by atoms with van der Waals surface area (Å²) in [6.07, 6.45) is 1.82. The Bertz CT molecular complexity index is 380. The molecule has 0 aliphatic heterocycles. The van der Waals surface area contributed by atoms with Gasteiger partial charge < -0.3 is 0 Å². The molecule has 73 valence electrons. The van der Waals surface area contributed by atoms with Crippen LogP contribution < -0.4 is 4.90 Å². The molecular weight excluding hydrogens is 182 g/mol. The summed E-state index contributed by atoms with van der Waals surface area (Å²) < 4.78 is 0. The first kappa shape index (κ1) is 9.69. The summed E-state index contributed by atoms with van der Waals surface area (Å²) >= 11 is 0. The number of rotatable bonds is 3. The molecule has 2 aromatic carbocycles. The van der Waals surface area contributed by atoms with Crippen LogP contribution in [0.3, 0.4) is 0 Å². The monoisotopic (exact) mass is 195 g/mol. The molecule has 0 saturated carbocycles. The molecule has 2 rings (SSSR count). The van der Waals surface area contributed by atoms with Crippen molar-refractivity contribution < 1.29 is 0 Å². The number of para-hydroxylation sites is 2. The highest BCUT2D eigenvalue weighted by atomic mass is 15.1. The second-order valence-electron chi connectivity index (χ2n) is 3.22. The van der Waals surface area contributed by atoms with Gasteiger partial charge in [0.05, 0.1) is 0 Å². The largest absolute Gasteiger partial charge is 0.191 e. The first-order valence-electron chi connectivity index (χ1n) is 4.94. The Kier molecular flexibility index (Phi) is 2.96. The Hall–Kier alpha value is -1.86. The second kappa shape index (κ2) is 4.58. The molecule has 0 spiro atoms. The minimum atomic E-state index is 1.12. The number of nitrogens with zero attached hydrogens (tertiary/aromatic N) is 1. The molecule has 0 aromatic heterocycles. The Morgan fingerprint density at radius 2 is 1.13 bits per heavy atom. The third kappa shape index (κ3) is 2.14. The zero-order valence-corrected chi connectivity index (χ0v) is 8.51. The highest BCUT2D eigenvalue weighted by Gasteiger charge is 2.17. The van der Waals surface area contributed by atoms with E-state index in [9.17, 15) is 0 Å². The summed E-state index contributed by atoms with van der Waals surface area (Å²) in [5, 5.41) is 0. The first-order chi connectivity index (χ1) is 7.42. The van der Waals surface area contributed by atoms with Gasteiger partial charge in [-0.15, -0.1) is 0 Å². The summed E-state index contributed by atoms with van der Waals surface area (Å²) in [7, 11) is 0. The van der Waals surface area contributed by atoms with E-state index in [0.717, 1.165) is 11.4 Å². The van der Waals surface area contributed by atoms with E-state index >= 15 is 0 Å². The van der Waals surface area contributed by atoms with Gasteiger partial charge in [-0.3, -0.25) is 0 Å². The maximum Gasteiger partial charge on any atom is 0.191 e. The third-order valence-corrected chi connectivity index (χ3v) is 2.25. The van der Waals surface area contributed by atoms with Crippen LogP contribution in [0.2, 0.25) is 0 Å². The SMILES string of the molecule is C=C[N+](c1ccccc1)c1ccccc1. The van der Waals surface area contributed by atoms with Crippen molar-refractivity contribution in [1.82, 2.24) is 4.90 Å². The minimum Gasteiger partial charge on any atom is -0.0666 e. The quantitative estimate of drug-likeness (QED) is 0.654. The van der Waals surface area contributed by atoms with Crippen LogP contribution in [0.25, 0.3) is 0 Å². The van der Waals surface area contributed by atoms with E-state index in [4.69, 9.17) is 0 Å². The number of anilines is 2. The molecule has 0 heterocycles. The van der Waals surface area contributed by atoms with Crippen LogP contribution in [0.5, 0.6) is 0 Å². The van der Waals surface area contributed by atoms with E-state index < -0.39 is 0 Å². The Labute approximate surface area is 90.3 Å². The molecule has 0 N–H and O–H groups in total.